The second kappa shape index (κ2) is 8.53. The molecule has 0 bridgehead atoms. The minimum atomic E-state index is -0.264. The molecule has 24 heavy (non-hydrogen) atoms. The van der Waals surface area contributed by atoms with Crippen LogP contribution in [-0.4, -0.2) is 18.9 Å². The number of nitrogens with one attached hydrogen (secondary N) is 2. The van der Waals surface area contributed by atoms with Gasteiger partial charge in [-0.15, -0.1) is 0 Å². The topological polar surface area (TPSA) is 67.4 Å². The Hall–Kier alpha value is -3.08. The lowest BCUT2D eigenvalue weighted by atomic mass is 10.2. The van der Waals surface area contributed by atoms with Crippen LogP contribution in [0.15, 0.2) is 54.6 Å². The number of carbonyl (C=O) groups excluding carboxylic acids is 2. The minimum absolute atomic E-state index is 0.0745. The summed E-state index contributed by atoms with van der Waals surface area (Å²) in [5.74, 6) is 0.361. The maximum atomic E-state index is 12.0. The number of rotatable bonds is 6. The fourth-order valence-corrected chi connectivity index (χ4v) is 2.08. The molecule has 0 heterocycles. The van der Waals surface area contributed by atoms with E-state index < -0.39 is 0 Å². The van der Waals surface area contributed by atoms with E-state index in [4.69, 9.17) is 4.74 Å². The first-order valence-corrected chi connectivity index (χ1v) is 7.64. The van der Waals surface area contributed by atoms with Crippen LogP contribution in [0.2, 0.25) is 0 Å². The quantitative estimate of drug-likeness (QED) is 0.796. The van der Waals surface area contributed by atoms with Crippen LogP contribution in [0.4, 0.5) is 11.4 Å². The SMILES string of the molecule is CCC(=O)Nc1cccc(NC(=O)/C=C/c2ccccc2OC)c1. The number of hydrogen-bond donors (Lipinski definition) is 2. The molecule has 2 aromatic rings. The molecule has 0 aliphatic heterocycles. The van der Waals surface area contributed by atoms with E-state index in [0.29, 0.717) is 23.5 Å². The minimum Gasteiger partial charge on any atom is -0.496 e. The van der Waals surface area contributed by atoms with Crippen LogP contribution < -0.4 is 15.4 Å². The van der Waals surface area contributed by atoms with Crippen molar-refractivity contribution < 1.29 is 14.3 Å². The molecule has 2 amide bonds. The summed E-state index contributed by atoms with van der Waals surface area (Å²) < 4.78 is 5.24. The average molecular weight is 324 g/mol. The largest absolute Gasteiger partial charge is 0.496 e. The number of carbonyl (C=O) groups is 2. The van der Waals surface area contributed by atoms with Crippen LogP contribution in [0.1, 0.15) is 18.9 Å². The van der Waals surface area contributed by atoms with E-state index >= 15 is 0 Å². The Balaban J connectivity index is 2.03. The van der Waals surface area contributed by atoms with Crippen molar-refractivity contribution in [3.63, 3.8) is 0 Å². The lowest BCUT2D eigenvalue weighted by Crippen LogP contribution is -2.11. The Morgan fingerprint density at radius 2 is 1.75 bits per heavy atom. The van der Waals surface area contributed by atoms with Gasteiger partial charge in [0.2, 0.25) is 11.8 Å². The van der Waals surface area contributed by atoms with Gasteiger partial charge in [-0.05, 0) is 30.3 Å². The van der Waals surface area contributed by atoms with Crippen molar-refractivity contribution in [1.82, 2.24) is 0 Å². The number of benzene rings is 2. The molecule has 124 valence electrons. The number of anilines is 2. The third-order valence-electron chi connectivity index (χ3n) is 3.29. The van der Waals surface area contributed by atoms with Gasteiger partial charge in [0, 0.05) is 29.4 Å². The van der Waals surface area contributed by atoms with Crippen molar-refractivity contribution in [1.29, 1.82) is 0 Å². The molecule has 0 radical (unpaired) electrons. The number of methoxy groups -OCH3 is 1. The highest BCUT2D eigenvalue weighted by atomic mass is 16.5. The normalized spacial score (nSPS) is 10.4. The summed E-state index contributed by atoms with van der Waals surface area (Å²) in [4.78, 5) is 23.5. The summed E-state index contributed by atoms with van der Waals surface area (Å²) in [7, 11) is 1.59. The van der Waals surface area contributed by atoms with Crippen LogP contribution in [0.5, 0.6) is 5.75 Å². The van der Waals surface area contributed by atoms with Crippen LogP contribution in [0.25, 0.3) is 6.08 Å². The van der Waals surface area contributed by atoms with Crippen LogP contribution >= 0.6 is 0 Å². The highest BCUT2D eigenvalue weighted by Crippen LogP contribution is 2.19. The van der Waals surface area contributed by atoms with Crippen molar-refractivity contribution in [2.24, 2.45) is 0 Å². The highest BCUT2D eigenvalue weighted by Gasteiger charge is 2.03. The van der Waals surface area contributed by atoms with Crippen molar-refractivity contribution in [2.45, 2.75) is 13.3 Å². The molecule has 2 N–H and O–H groups in total. The third kappa shape index (κ3) is 4.98. The van der Waals surface area contributed by atoms with Crippen molar-refractivity contribution in [3.05, 3.63) is 60.2 Å². The summed E-state index contributed by atoms with van der Waals surface area (Å²) in [5.41, 5.74) is 2.08. The van der Waals surface area contributed by atoms with Crippen molar-refractivity contribution >= 4 is 29.3 Å². The van der Waals surface area contributed by atoms with Gasteiger partial charge in [-0.25, -0.2) is 0 Å². The standard InChI is InChI=1S/C19H20N2O3/c1-3-18(22)20-15-8-6-9-16(13-15)21-19(23)12-11-14-7-4-5-10-17(14)24-2/h4-13H,3H2,1-2H3,(H,20,22)(H,21,23)/b12-11+. The molecular formula is C19H20N2O3. The first kappa shape index (κ1) is 17.3. The van der Waals surface area contributed by atoms with E-state index in [0.717, 1.165) is 5.56 Å². The molecule has 0 saturated heterocycles. The molecule has 0 aliphatic rings. The molecule has 0 spiro atoms. The van der Waals surface area contributed by atoms with Crippen LogP contribution in [-0.2, 0) is 9.59 Å². The van der Waals surface area contributed by atoms with E-state index in [9.17, 15) is 9.59 Å². The fourth-order valence-electron chi connectivity index (χ4n) is 2.08. The summed E-state index contributed by atoms with van der Waals surface area (Å²) in [5, 5.41) is 5.52. The molecule has 0 unspecified atom stereocenters. The fraction of sp³-hybridized carbons (Fsp3) is 0.158. The van der Waals surface area contributed by atoms with Crippen molar-refractivity contribution in [3.8, 4) is 5.75 Å². The lowest BCUT2D eigenvalue weighted by Gasteiger charge is -2.07. The van der Waals surface area contributed by atoms with Gasteiger partial charge in [0.15, 0.2) is 0 Å². The second-order valence-corrected chi connectivity index (χ2v) is 5.05. The van der Waals surface area contributed by atoms with Crippen LogP contribution in [0.3, 0.4) is 0 Å². The number of hydrogen-bond acceptors (Lipinski definition) is 3. The van der Waals surface area contributed by atoms with Gasteiger partial charge in [0.1, 0.15) is 5.75 Å². The monoisotopic (exact) mass is 324 g/mol. The zero-order chi connectivity index (χ0) is 17.4. The predicted molar refractivity (Wildman–Crippen MR) is 96.0 cm³/mol. The summed E-state index contributed by atoms with van der Waals surface area (Å²) >= 11 is 0. The van der Waals surface area contributed by atoms with E-state index in [1.807, 2.05) is 24.3 Å². The van der Waals surface area contributed by atoms with Crippen LogP contribution in [0, 0.1) is 0 Å². The zero-order valence-electron chi connectivity index (χ0n) is 13.7. The Bertz CT molecular complexity index is 754. The van der Waals surface area contributed by atoms with Gasteiger partial charge >= 0.3 is 0 Å². The van der Waals surface area contributed by atoms with E-state index in [2.05, 4.69) is 10.6 Å². The van der Waals surface area contributed by atoms with Gasteiger partial charge in [-0.3, -0.25) is 9.59 Å². The number of amides is 2. The zero-order valence-corrected chi connectivity index (χ0v) is 13.7. The summed E-state index contributed by atoms with van der Waals surface area (Å²) in [6, 6.07) is 14.4. The Labute approximate surface area is 141 Å². The van der Waals surface area contributed by atoms with E-state index in [-0.39, 0.29) is 11.8 Å². The maximum absolute atomic E-state index is 12.0. The molecule has 0 aliphatic carbocycles. The lowest BCUT2D eigenvalue weighted by molar-refractivity contribution is -0.116. The van der Waals surface area contributed by atoms with Gasteiger partial charge in [-0.2, -0.15) is 0 Å². The molecule has 0 fully saturated rings. The number of para-hydroxylation sites is 1. The smallest absolute Gasteiger partial charge is 0.248 e. The molecule has 0 atom stereocenters. The van der Waals surface area contributed by atoms with Crippen molar-refractivity contribution in [2.75, 3.05) is 17.7 Å². The molecule has 2 rings (SSSR count). The maximum Gasteiger partial charge on any atom is 0.248 e. The molecule has 2 aromatic carbocycles. The Morgan fingerprint density at radius 1 is 1.04 bits per heavy atom. The Kier molecular flexibility index (Phi) is 6.14. The Morgan fingerprint density at radius 3 is 2.46 bits per heavy atom. The first-order chi connectivity index (χ1) is 11.6. The van der Waals surface area contributed by atoms with Gasteiger partial charge in [0.25, 0.3) is 0 Å². The van der Waals surface area contributed by atoms with Gasteiger partial charge < -0.3 is 15.4 Å². The number of ether oxygens (including phenoxy) is 1. The van der Waals surface area contributed by atoms with Gasteiger partial charge in [-0.1, -0.05) is 31.2 Å². The molecule has 0 saturated carbocycles. The van der Waals surface area contributed by atoms with E-state index in [1.54, 1.807) is 44.4 Å². The van der Waals surface area contributed by atoms with Gasteiger partial charge in [0.05, 0.1) is 7.11 Å². The average Bonchev–Trinajstić information content (AvgIpc) is 2.60. The molecule has 0 aromatic heterocycles. The third-order valence-corrected chi connectivity index (χ3v) is 3.29. The second-order valence-electron chi connectivity index (χ2n) is 5.05. The summed E-state index contributed by atoms with van der Waals surface area (Å²) in [6.45, 7) is 1.78. The first-order valence-electron chi connectivity index (χ1n) is 7.64. The highest BCUT2D eigenvalue weighted by molar-refractivity contribution is 6.02. The van der Waals surface area contributed by atoms with E-state index in [1.165, 1.54) is 6.08 Å². The molecular weight excluding hydrogens is 304 g/mol. The molecule has 5 nitrogen and oxygen atoms in total. The summed E-state index contributed by atoms with van der Waals surface area (Å²) in [6.07, 6.45) is 3.53. The molecule has 5 heteroatoms. The predicted octanol–water partition coefficient (Wildman–Crippen LogP) is 3.70.